The molecule has 0 saturated carbocycles. The van der Waals surface area contributed by atoms with Crippen molar-refractivity contribution < 1.29 is 4.74 Å². The summed E-state index contributed by atoms with van der Waals surface area (Å²) in [4.78, 5) is 0. The van der Waals surface area contributed by atoms with Gasteiger partial charge in [0.2, 0.25) is 0 Å². The zero-order valence-corrected chi connectivity index (χ0v) is 12.8. The lowest BCUT2D eigenvalue weighted by Gasteiger charge is -2.06. The molecule has 3 nitrogen and oxygen atoms in total. The molecule has 3 heteroatoms. The van der Waals surface area contributed by atoms with E-state index in [1.165, 1.54) is 5.56 Å². The van der Waals surface area contributed by atoms with E-state index >= 15 is 0 Å². The molecular weight excluding hydrogens is 272 g/mol. The fraction of sp³-hybridized carbons (Fsp3) is 0.316. The number of hydrogen-bond acceptors (Lipinski definition) is 3. The highest BCUT2D eigenvalue weighted by atomic mass is 16.5. The molecule has 114 valence electrons. The van der Waals surface area contributed by atoms with Crippen LogP contribution in [0.4, 0.5) is 0 Å². The van der Waals surface area contributed by atoms with Gasteiger partial charge in [0.1, 0.15) is 0 Å². The Labute approximate surface area is 132 Å². The third-order valence-corrected chi connectivity index (χ3v) is 3.41. The van der Waals surface area contributed by atoms with Crippen molar-refractivity contribution in [2.24, 2.45) is 0 Å². The first-order chi connectivity index (χ1) is 10.9. The summed E-state index contributed by atoms with van der Waals surface area (Å²) in [6.07, 6.45) is 1.96. The van der Waals surface area contributed by atoms with Crippen LogP contribution in [0, 0.1) is 11.3 Å². The molecular formula is C19H22N2O. The molecule has 0 spiro atoms. The molecule has 22 heavy (non-hydrogen) atoms. The van der Waals surface area contributed by atoms with E-state index in [4.69, 9.17) is 10.00 Å². The summed E-state index contributed by atoms with van der Waals surface area (Å²) < 4.78 is 5.64. The van der Waals surface area contributed by atoms with Crippen molar-refractivity contribution in [2.75, 3.05) is 19.8 Å². The van der Waals surface area contributed by atoms with Gasteiger partial charge in [0.25, 0.3) is 0 Å². The van der Waals surface area contributed by atoms with Crippen LogP contribution >= 0.6 is 0 Å². The zero-order chi connectivity index (χ0) is 15.5. The molecule has 2 aromatic rings. The molecule has 0 aliphatic rings. The van der Waals surface area contributed by atoms with E-state index in [9.17, 15) is 0 Å². The van der Waals surface area contributed by atoms with Crippen molar-refractivity contribution in [1.29, 1.82) is 5.26 Å². The Kier molecular flexibility index (Phi) is 7.17. The number of hydrogen-bond donors (Lipinski definition) is 1. The highest BCUT2D eigenvalue weighted by Gasteiger charge is 1.96. The summed E-state index contributed by atoms with van der Waals surface area (Å²) in [5.41, 5.74) is 3.17. The Bertz CT molecular complexity index is 590. The molecule has 0 heterocycles. The van der Waals surface area contributed by atoms with Crippen molar-refractivity contribution in [3.63, 3.8) is 0 Å². The van der Waals surface area contributed by atoms with E-state index in [0.29, 0.717) is 5.56 Å². The van der Waals surface area contributed by atoms with E-state index in [1.807, 2.05) is 30.3 Å². The number of nitriles is 1. The highest BCUT2D eigenvalue weighted by molar-refractivity contribution is 5.32. The lowest BCUT2D eigenvalue weighted by Crippen LogP contribution is -2.16. The Balaban J connectivity index is 1.50. The van der Waals surface area contributed by atoms with Crippen molar-refractivity contribution >= 4 is 0 Å². The smallest absolute Gasteiger partial charge is 0.0991 e. The third-order valence-electron chi connectivity index (χ3n) is 3.41. The maximum Gasteiger partial charge on any atom is 0.0991 e. The first kappa shape index (κ1) is 16.2. The predicted molar refractivity (Wildman–Crippen MR) is 88.4 cm³/mol. The fourth-order valence-corrected chi connectivity index (χ4v) is 2.22. The number of nitrogens with one attached hydrogen (secondary N) is 1. The Morgan fingerprint density at radius 2 is 1.77 bits per heavy atom. The SMILES string of the molecule is N#Cc1cccc(CNCCCOCCc2ccccc2)c1. The summed E-state index contributed by atoms with van der Waals surface area (Å²) in [5, 5.41) is 12.2. The number of nitrogens with zero attached hydrogens (tertiary/aromatic N) is 1. The minimum absolute atomic E-state index is 0.712. The Morgan fingerprint density at radius 1 is 0.955 bits per heavy atom. The van der Waals surface area contributed by atoms with Gasteiger partial charge in [0, 0.05) is 13.2 Å². The topological polar surface area (TPSA) is 45.0 Å². The summed E-state index contributed by atoms with van der Waals surface area (Å²) >= 11 is 0. The lowest BCUT2D eigenvalue weighted by atomic mass is 10.1. The van der Waals surface area contributed by atoms with Gasteiger partial charge in [-0.25, -0.2) is 0 Å². The number of ether oxygens (including phenoxy) is 1. The average Bonchev–Trinajstić information content (AvgIpc) is 2.58. The average molecular weight is 294 g/mol. The van der Waals surface area contributed by atoms with Crippen molar-refractivity contribution in [1.82, 2.24) is 5.32 Å². The molecule has 0 amide bonds. The van der Waals surface area contributed by atoms with Gasteiger partial charge in [-0.1, -0.05) is 42.5 Å². The Morgan fingerprint density at radius 3 is 2.59 bits per heavy atom. The van der Waals surface area contributed by atoms with E-state index in [0.717, 1.165) is 44.7 Å². The molecule has 0 fully saturated rings. The maximum atomic E-state index is 8.85. The minimum atomic E-state index is 0.712. The molecule has 0 bridgehead atoms. The van der Waals surface area contributed by atoms with E-state index in [1.54, 1.807) is 0 Å². The van der Waals surface area contributed by atoms with Crippen LogP contribution in [0.3, 0.4) is 0 Å². The molecule has 0 aromatic heterocycles. The van der Waals surface area contributed by atoms with Crippen LogP contribution in [0.5, 0.6) is 0 Å². The molecule has 0 unspecified atom stereocenters. The van der Waals surface area contributed by atoms with Crippen LogP contribution in [0.25, 0.3) is 0 Å². The van der Waals surface area contributed by atoms with Gasteiger partial charge in [-0.15, -0.1) is 0 Å². The first-order valence-corrected chi connectivity index (χ1v) is 7.70. The van der Waals surface area contributed by atoms with E-state index in [-0.39, 0.29) is 0 Å². The van der Waals surface area contributed by atoms with Crippen LogP contribution in [-0.2, 0) is 17.7 Å². The second-order valence-electron chi connectivity index (χ2n) is 5.19. The van der Waals surface area contributed by atoms with Gasteiger partial charge >= 0.3 is 0 Å². The van der Waals surface area contributed by atoms with Crippen LogP contribution in [0.15, 0.2) is 54.6 Å². The normalized spacial score (nSPS) is 10.3. The van der Waals surface area contributed by atoms with Crippen LogP contribution in [0.1, 0.15) is 23.1 Å². The molecule has 0 aliphatic carbocycles. The summed E-state index contributed by atoms with van der Waals surface area (Å²) in [7, 11) is 0. The third kappa shape index (κ3) is 6.09. The van der Waals surface area contributed by atoms with Gasteiger partial charge in [-0.2, -0.15) is 5.26 Å². The standard InChI is InChI=1S/C19H22N2O/c20-15-18-8-4-9-19(14-18)16-21-11-5-12-22-13-10-17-6-2-1-3-7-17/h1-4,6-9,14,21H,5,10-13,16H2. The second-order valence-corrected chi connectivity index (χ2v) is 5.19. The second kappa shape index (κ2) is 9.73. The molecule has 1 N–H and O–H groups in total. The van der Waals surface area contributed by atoms with Crippen molar-refractivity contribution in [2.45, 2.75) is 19.4 Å². The molecule has 2 rings (SSSR count). The first-order valence-electron chi connectivity index (χ1n) is 7.70. The molecule has 0 atom stereocenters. The quantitative estimate of drug-likeness (QED) is 0.722. The summed E-state index contributed by atoms with van der Waals surface area (Å²) in [5.74, 6) is 0. The van der Waals surface area contributed by atoms with E-state index < -0.39 is 0 Å². The van der Waals surface area contributed by atoms with Crippen LogP contribution in [0.2, 0.25) is 0 Å². The number of benzene rings is 2. The van der Waals surface area contributed by atoms with Crippen molar-refractivity contribution in [3.05, 3.63) is 71.3 Å². The minimum Gasteiger partial charge on any atom is -0.381 e. The van der Waals surface area contributed by atoms with Gasteiger partial charge in [-0.05, 0) is 42.6 Å². The maximum absolute atomic E-state index is 8.85. The molecule has 0 saturated heterocycles. The van der Waals surface area contributed by atoms with Gasteiger partial charge in [-0.3, -0.25) is 0 Å². The molecule has 2 aromatic carbocycles. The summed E-state index contributed by atoms with van der Waals surface area (Å²) in [6.45, 7) is 3.26. The van der Waals surface area contributed by atoms with Crippen LogP contribution in [-0.4, -0.2) is 19.8 Å². The zero-order valence-electron chi connectivity index (χ0n) is 12.8. The fourth-order valence-electron chi connectivity index (χ4n) is 2.22. The molecule has 0 aliphatic heterocycles. The van der Waals surface area contributed by atoms with E-state index in [2.05, 4.69) is 35.7 Å². The van der Waals surface area contributed by atoms with Gasteiger partial charge in [0.05, 0.1) is 18.2 Å². The predicted octanol–water partition coefficient (Wildman–Crippen LogP) is 3.30. The highest BCUT2D eigenvalue weighted by Crippen LogP contribution is 2.03. The van der Waals surface area contributed by atoms with Gasteiger partial charge in [0.15, 0.2) is 0 Å². The number of rotatable bonds is 9. The monoisotopic (exact) mass is 294 g/mol. The Hall–Kier alpha value is -2.15. The van der Waals surface area contributed by atoms with Gasteiger partial charge < -0.3 is 10.1 Å². The largest absolute Gasteiger partial charge is 0.381 e. The summed E-state index contributed by atoms with van der Waals surface area (Å²) in [6, 6.07) is 20.2. The molecule has 0 radical (unpaired) electrons. The van der Waals surface area contributed by atoms with Crippen molar-refractivity contribution in [3.8, 4) is 6.07 Å². The van der Waals surface area contributed by atoms with Crippen LogP contribution < -0.4 is 5.32 Å². The lowest BCUT2D eigenvalue weighted by molar-refractivity contribution is 0.134.